The Labute approximate surface area is 119 Å². The van der Waals surface area contributed by atoms with Crippen molar-refractivity contribution in [1.29, 1.82) is 0 Å². The Hall–Kier alpha value is -1.32. The van der Waals surface area contributed by atoms with Crippen LogP contribution < -0.4 is 0 Å². The Bertz CT molecular complexity index is 507. The number of benzene rings is 1. The van der Waals surface area contributed by atoms with Gasteiger partial charge in [0.15, 0.2) is 0 Å². The highest BCUT2D eigenvalue weighted by Crippen LogP contribution is 2.22. The summed E-state index contributed by atoms with van der Waals surface area (Å²) in [6.45, 7) is 2.05. The van der Waals surface area contributed by atoms with E-state index in [0.717, 1.165) is 17.0 Å². The van der Waals surface area contributed by atoms with Crippen LogP contribution in [0.4, 0.5) is 0 Å². The molecule has 3 heteroatoms. The SMILES string of the molecule is CO[C@H](C)c1ccc(-c2ccc(CSC)cn2)cc1. The van der Waals surface area contributed by atoms with Crippen molar-refractivity contribution < 1.29 is 4.74 Å². The summed E-state index contributed by atoms with van der Waals surface area (Å²) >= 11 is 1.81. The van der Waals surface area contributed by atoms with Crippen molar-refractivity contribution in [2.24, 2.45) is 0 Å². The summed E-state index contributed by atoms with van der Waals surface area (Å²) in [5, 5.41) is 0. The average Bonchev–Trinajstić information content (AvgIpc) is 2.48. The van der Waals surface area contributed by atoms with Gasteiger partial charge >= 0.3 is 0 Å². The molecule has 19 heavy (non-hydrogen) atoms. The molecule has 0 amide bonds. The summed E-state index contributed by atoms with van der Waals surface area (Å²) in [6, 6.07) is 12.6. The Kier molecular flexibility index (Phi) is 5.00. The topological polar surface area (TPSA) is 22.1 Å². The minimum Gasteiger partial charge on any atom is -0.377 e. The lowest BCUT2D eigenvalue weighted by Gasteiger charge is -2.10. The molecule has 0 bridgehead atoms. The highest BCUT2D eigenvalue weighted by Gasteiger charge is 2.04. The van der Waals surface area contributed by atoms with Crippen LogP contribution in [0, 0.1) is 0 Å². The number of nitrogens with zero attached hydrogens (tertiary/aromatic N) is 1. The van der Waals surface area contributed by atoms with Crippen molar-refractivity contribution in [2.45, 2.75) is 18.8 Å². The number of hydrogen-bond acceptors (Lipinski definition) is 3. The van der Waals surface area contributed by atoms with Gasteiger partial charge in [-0.3, -0.25) is 4.98 Å². The number of thioether (sulfide) groups is 1. The van der Waals surface area contributed by atoms with E-state index >= 15 is 0 Å². The van der Waals surface area contributed by atoms with Crippen molar-refractivity contribution in [3.63, 3.8) is 0 Å². The van der Waals surface area contributed by atoms with Crippen molar-refractivity contribution in [2.75, 3.05) is 13.4 Å². The molecule has 0 unspecified atom stereocenters. The molecule has 0 spiro atoms. The standard InChI is InChI=1S/C16H19NOS/c1-12(18-2)14-5-7-15(8-6-14)16-9-4-13(10-17-16)11-19-3/h4-10,12H,11H2,1-3H3/t12-/m1/s1. The number of aromatic nitrogens is 1. The third-order valence-corrected chi connectivity index (χ3v) is 3.79. The quantitative estimate of drug-likeness (QED) is 0.810. The van der Waals surface area contributed by atoms with Gasteiger partial charge in [-0.1, -0.05) is 30.3 Å². The predicted molar refractivity (Wildman–Crippen MR) is 82.3 cm³/mol. The van der Waals surface area contributed by atoms with Gasteiger partial charge in [-0.15, -0.1) is 0 Å². The molecule has 0 aliphatic rings. The molecular formula is C16H19NOS. The van der Waals surface area contributed by atoms with E-state index in [0.29, 0.717) is 0 Å². The van der Waals surface area contributed by atoms with E-state index in [2.05, 4.69) is 47.6 Å². The first-order chi connectivity index (χ1) is 9.24. The average molecular weight is 273 g/mol. The van der Waals surface area contributed by atoms with Gasteiger partial charge < -0.3 is 4.74 Å². The molecule has 0 saturated carbocycles. The molecule has 1 aromatic heterocycles. The second-order valence-electron chi connectivity index (χ2n) is 4.48. The van der Waals surface area contributed by atoms with E-state index in [1.807, 2.05) is 24.9 Å². The molecule has 2 aromatic rings. The van der Waals surface area contributed by atoms with Gasteiger partial charge in [-0.25, -0.2) is 0 Å². The van der Waals surface area contributed by atoms with Crippen molar-refractivity contribution in [3.05, 3.63) is 53.7 Å². The van der Waals surface area contributed by atoms with Crippen LogP contribution in [0.1, 0.15) is 24.2 Å². The normalized spacial score (nSPS) is 12.4. The molecule has 1 aromatic carbocycles. The van der Waals surface area contributed by atoms with Gasteiger partial charge in [0, 0.05) is 24.6 Å². The maximum Gasteiger partial charge on any atom is 0.0793 e. The summed E-state index contributed by atoms with van der Waals surface area (Å²) in [7, 11) is 1.73. The van der Waals surface area contributed by atoms with Gasteiger partial charge in [0.2, 0.25) is 0 Å². The highest BCUT2D eigenvalue weighted by atomic mass is 32.2. The molecule has 1 atom stereocenters. The number of rotatable bonds is 5. The lowest BCUT2D eigenvalue weighted by molar-refractivity contribution is 0.119. The highest BCUT2D eigenvalue weighted by molar-refractivity contribution is 7.97. The first kappa shape index (κ1) is 14.1. The molecule has 0 radical (unpaired) electrons. The maximum absolute atomic E-state index is 5.31. The Morgan fingerprint density at radius 1 is 1.16 bits per heavy atom. The van der Waals surface area contributed by atoms with Gasteiger partial charge in [-0.2, -0.15) is 11.8 Å². The van der Waals surface area contributed by atoms with Gasteiger partial charge in [-0.05, 0) is 30.4 Å². The molecular weight excluding hydrogens is 254 g/mol. The van der Waals surface area contributed by atoms with E-state index in [1.54, 1.807) is 7.11 Å². The third kappa shape index (κ3) is 3.58. The summed E-state index contributed by atoms with van der Waals surface area (Å²) in [5.74, 6) is 1.01. The van der Waals surface area contributed by atoms with E-state index in [4.69, 9.17) is 4.74 Å². The molecule has 0 N–H and O–H groups in total. The molecule has 0 aliphatic carbocycles. The third-order valence-electron chi connectivity index (χ3n) is 3.17. The minimum atomic E-state index is 0.131. The fraction of sp³-hybridized carbons (Fsp3) is 0.312. The zero-order valence-corrected chi connectivity index (χ0v) is 12.4. The lowest BCUT2D eigenvalue weighted by atomic mass is 10.1. The van der Waals surface area contributed by atoms with Crippen LogP contribution in [0.3, 0.4) is 0 Å². The van der Waals surface area contributed by atoms with Crippen LogP contribution in [0.15, 0.2) is 42.6 Å². The fourth-order valence-corrected chi connectivity index (χ4v) is 2.41. The minimum absolute atomic E-state index is 0.131. The second kappa shape index (κ2) is 6.73. The first-order valence-electron chi connectivity index (χ1n) is 6.31. The van der Waals surface area contributed by atoms with Crippen molar-refractivity contribution in [3.8, 4) is 11.3 Å². The molecule has 100 valence electrons. The summed E-state index contributed by atoms with van der Waals surface area (Å²) in [6.07, 6.45) is 4.19. The van der Waals surface area contributed by atoms with Gasteiger partial charge in [0.1, 0.15) is 0 Å². The summed E-state index contributed by atoms with van der Waals surface area (Å²) < 4.78 is 5.31. The zero-order chi connectivity index (χ0) is 13.7. The van der Waals surface area contributed by atoms with Crippen LogP contribution in [0.5, 0.6) is 0 Å². The van der Waals surface area contributed by atoms with Crippen molar-refractivity contribution in [1.82, 2.24) is 4.98 Å². The number of methoxy groups -OCH3 is 1. The summed E-state index contributed by atoms with van der Waals surface area (Å²) in [4.78, 5) is 4.52. The zero-order valence-electron chi connectivity index (χ0n) is 11.6. The monoisotopic (exact) mass is 273 g/mol. The lowest BCUT2D eigenvalue weighted by Crippen LogP contribution is -1.95. The number of ether oxygens (including phenoxy) is 1. The van der Waals surface area contributed by atoms with Crippen LogP contribution in [-0.2, 0) is 10.5 Å². The van der Waals surface area contributed by atoms with Gasteiger partial charge in [0.25, 0.3) is 0 Å². The van der Waals surface area contributed by atoms with E-state index in [-0.39, 0.29) is 6.10 Å². The smallest absolute Gasteiger partial charge is 0.0793 e. The summed E-state index contributed by atoms with van der Waals surface area (Å²) in [5.41, 5.74) is 4.61. The molecule has 0 saturated heterocycles. The number of pyridine rings is 1. The largest absolute Gasteiger partial charge is 0.377 e. The second-order valence-corrected chi connectivity index (χ2v) is 5.35. The van der Waals surface area contributed by atoms with E-state index in [1.165, 1.54) is 11.1 Å². The Morgan fingerprint density at radius 2 is 1.89 bits per heavy atom. The first-order valence-corrected chi connectivity index (χ1v) is 7.71. The molecule has 1 heterocycles. The van der Waals surface area contributed by atoms with Crippen LogP contribution in [-0.4, -0.2) is 18.3 Å². The maximum atomic E-state index is 5.31. The molecule has 2 rings (SSSR count). The van der Waals surface area contributed by atoms with Crippen LogP contribution in [0.2, 0.25) is 0 Å². The fourth-order valence-electron chi connectivity index (χ4n) is 1.91. The van der Waals surface area contributed by atoms with Gasteiger partial charge in [0.05, 0.1) is 11.8 Å². The van der Waals surface area contributed by atoms with Crippen LogP contribution in [0.25, 0.3) is 11.3 Å². The Balaban J connectivity index is 2.17. The van der Waals surface area contributed by atoms with E-state index < -0.39 is 0 Å². The van der Waals surface area contributed by atoms with Crippen LogP contribution >= 0.6 is 11.8 Å². The molecule has 2 nitrogen and oxygen atoms in total. The van der Waals surface area contributed by atoms with Crippen molar-refractivity contribution >= 4 is 11.8 Å². The Morgan fingerprint density at radius 3 is 2.42 bits per heavy atom. The van der Waals surface area contributed by atoms with E-state index in [9.17, 15) is 0 Å². The molecule has 0 aliphatic heterocycles. The molecule has 0 fully saturated rings. The predicted octanol–water partition coefficient (Wildman–Crippen LogP) is 4.32. The number of hydrogen-bond donors (Lipinski definition) is 0.